The summed E-state index contributed by atoms with van der Waals surface area (Å²) in [5, 5.41) is 0.632. The van der Waals surface area contributed by atoms with Crippen LogP contribution in [0.15, 0.2) is 53.1 Å². The average molecular weight is 407 g/mol. The van der Waals surface area contributed by atoms with Crippen molar-refractivity contribution in [3.05, 3.63) is 54.3 Å². The van der Waals surface area contributed by atoms with Crippen molar-refractivity contribution in [1.82, 2.24) is 9.88 Å². The molecule has 1 aromatic carbocycles. The van der Waals surface area contributed by atoms with Crippen LogP contribution in [0.4, 0.5) is 0 Å². The number of hydrogen-bond acceptors (Lipinski definition) is 6. The number of aromatic nitrogens is 1. The predicted molar refractivity (Wildman–Crippen MR) is 108 cm³/mol. The van der Waals surface area contributed by atoms with Gasteiger partial charge in [0.15, 0.2) is 12.4 Å². The van der Waals surface area contributed by atoms with E-state index in [9.17, 15) is 14.4 Å². The van der Waals surface area contributed by atoms with Gasteiger partial charge in [0.2, 0.25) is 5.91 Å². The molecule has 1 saturated heterocycles. The number of primary amides is 1. The lowest BCUT2D eigenvalue weighted by molar-refractivity contribution is -0.137. The van der Waals surface area contributed by atoms with Crippen molar-refractivity contribution < 1.29 is 23.5 Å². The molecule has 0 saturated carbocycles. The lowest BCUT2D eigenvalue weighted by Gasteiger charge is -2.30. The number of para-hydroxylation sites is 1. The summed E-state index contributed by atoms with van der Waals surface area (Å²) in [4.78, 5) is 42.6. The van der Waals surface area contributed by atoms with Crippen LogP contribution < -0.4 is 5.73 Å². The quantitative estimate of drug-likeness (QED) is 0.649. The molecule has 1 aliphatic rings. The van der Waals surface area contributed by atoms with E-state index in [-0.39, 0.29) is 24.3 Å². The highest BCUT2D eigenvalue weighted by Gasteiger charge is 2.26. The molecule has 2 amide bonds. The molecule has 8 heteroatoms. The van der Waals surface area contributed by atoms with Crippen LogP contribution in [0.3, 0.4) is 0 Å². The summed E-state index contributed by atoms with van der Waals surface area (Å²) in [6.07, 6.45) is 2.58. The van der Waals surface area contributed by atoms with Crippen molar-refractivity contribution in [1.29, 1.82) is 0 Å². The first-order chi connectivity index (χ1) is 14.5. The van der Waals surface area contributed by atoms with E-state index in [2.05, 4.69) is 4.98 Å². The van der Waals surface area contributed by atoms with Crippen molar-refractivity contribution in [3.8, 4) is 11.5 Å². The molecule has 0 bridgehead atoms. The van der Waals surface area contributed by atoms with Gasteiger partial charge in [-0.15, -0.1) is 0 Å². The van der Waals surface area contributed by atoms with Crippen LogP contribution in [0.2, 0.25) is 0 Å². The van der Waals surface area contributed by atoms with Crippen LogP contribution in [0.25, 0.3) is 22.4 Å². The van der Waals surface area contributed by atoms with Crippen molar-refractivity contribution in [3.63, 3.8) is 0 Å². The van der Waals surface area contributed by atoms with Gasteiger partial charge in [-0.05, 0) is 37.1 Å². The Labute approximate surface area is 172 Å². The Morgan fingerprint density at radius 3 is 2.60 bits per heavy atom. The number of piperidine rings is 1. The number of nitrogens with two attached hydrogens (primary N) is 1. The highest BCUT2D eigenvalue weighted by atomic mass is 16.5. The molecule has 1 fully saturated rings. The smallest absolute Gasteiger partial charge is 0.339 e. The third-order valence-electron chi connectivity index (χ3n) is 5.29. The van der Waals surface area contributed by atoms with Crippen molar-refractivity contribution in [2.24, 2.45) is 11.7 Å². The molecule has 1 aliphatic heterocycles. The molecule has 0 radical (unpaired) electrons. The third kappa shape index (κ3) is 4.03. The fourth-order valence-electron chi connectivity index (χ4n) is 3.60. The number of carbonyl (C=O) groups is 3. The average Bonchev–Trinajstić information content (AvgIpc) is 3.31. The minimum Gasteiger partial charge on any atom is -0.463 e. The van der Waals surface area contributed by atoms with E-state index in [1.165, 1.54) is 6.26 Å². The molecule has 4 rings (SSSR count). The maximum Gasteiger partial charge on any atom is 0.339 e. The van der Waals surface area contributed by atoms with E-state index in [4.69, 9.17) is 14.9 Å². The standard InChI is InChI=1S/C22H21N3O5/c23-21(27)14-7-9-25(10-8-14)20(26)13-30-22(28)16-12-18(19-6-3-11-29-19)24-17-5-2-1-4-15(16)17/h1-6,11-12,14H,7-10,13H2,(H2,23,27). The largest absolute Gasteiger partial charge is 0.463 e. The second-order valence-corrected chi connectivity index (χ2v) is 7.18. The summed E-state index contributed by atoms with van der Waals surface area (Å²) in [6, 6.07) is 12.3. The molecule has 3 heterocycles. The molecule has 8 nitrogen and oxygen atoms in total. The normalized spacial score (nSPS) is 14.6. The fourth-order valence-corrected chi connectivity index (χ4v) is 3.60. The second kappa shape index (κ2) is 8.36. The van der Waals surface area contributed by atoms with Gasteiger partial charge >= 0.3 is 5.97 Å². The maximum absolute atomic E-state index is 12.8. The molecule has 3 aromatic rings. The first-order valence-corrected chi connectivity index (χ1v) is 9.71. The van der Waals surface area contributed by atoms with Crippen LogP contribution >= 0.6 is 0 Å². The number of pyridine rings is 1. The van der Waals surface area contributed by atoms with Gasteiger partial charge in [-0.3, -0.25) is 9.59 Å². The highest BCUT2D eigenvalue weighted by molar-refractivity contribution is 6.05. The first-order valence-electron chi connectivity index (χ1n) is 9.71. The van der Waals surface area contributed by atoms with Crippen LogP contribution in [0.5, 0.6) is 0 Å². The Morgan fingerprint density at radius 2 is 1.90 bits per heavy atom. The monoisotopic (exact) mass is 407 g/mol. The SMILES string of the molecule is NC(=O)C1CCN(C(=O)COC(=O)c2cc(-c3ccco3)nc3ccccc23)CC1. The molecule has 154 valence electrons. The molecular formula is C22H21N3O5. The summed E-state index contributed by atoms with van der Waals surface area (Å²) in [7, 11) is 0. The van der Waals surface area contributed by atoms with Crippen molar-refractivity contribution in [2.45, 2.75) is 12.8 Å². The minimum atomic E-state index is -0.609. The van der Waals surface area contributed by atoms with Gasteiger partial charge in [0.25, 0.3) is 5.91 Å². The van der Waals surface area contributed by atoms with Gasteiger partial charge in [-0.1, -0.05) is 18.2 Å². The topological polar surface area (TPSA) is 116 Å². The van der Waals surface area contributed by atoms with Crippen molar-refractivity contribution in [2.75, 3.05) is 19.7 Å². The van der Waals surface area contributed by atoms with Gasteiger partial charge in [-0.25, -0.2) is 9.78 Å². The zero-order chi connectivity index (χ0) is 21.1. The van der Waals surface area contributed by atoms with Gasteiger partial charge < -0.3 is 19.8 Å². The van der Waals surface area contributed by atoms with Crippen LogP contribution in [0.1, 0.15) is 23.2 Å². The number of likely N-dealkylation sites (tertiary alicyclic amines) is 1. The number of nitrogens with zero attached hydrogens (tertiary/aromatic N) is 2. The Bertz CT molecular complexity index is 1090. The zero-order valence-electron chi connectivity index (χ0n) is 16.2. The zero-order valence-corrected chi connectivity index (χ0v) is 16.2. The Morgan fingerprint density at radius 1 is 1.13 bits per heavy atom. The Kier molecular flexibility index (Phi) is 5.47. The van der Waals surface area contributed by atoms with Gasteiger partial charge in [0.05, 0.1) is 17.3 Å². The van der Waals surface area contributed by atoms with Crippen LogP contribution in [0, 0.1) is 5.92 Å². The number of hydrogen-bond donors (Lipinski definition) is 1. The molecule has 2 N–H and O–H groups in total. The van der Waals surface area contributed by atoms with Crippen LogP contribution in [-0.4, -0.2) is 47.4 Å². The lowest BCUT2D eigenvalue weighted by Crippen LogP contribution is -2.43. The summed E-state index contributed by atoms with van der Waals surface area (Å²) in [5.41, 5.74) is 6.76. The van der Waals surface area contributed by atoms with E-state index in [1.807, 2.05) is 6.07 Å². The molecular weight excluding hydrogens is 386 g/mol. The Balaban J connectivity index is 1.48. The first kappa shape index (κ1) is 19.6. The van der Waals surface area contributed by atoms with E-state index >= 15 is 0 Å². The maximum atomic E-state index is 12.8. The number of ether oxygens (including phenoxy) is 1. The second-order valence-electron chi connectivity index (χ2n) is 7.18. The number of fused-ring (bicyclic) bond motifs is 1. The summed E-state index contributed by atoms with van der Waals surface area (Å²) in [6.45, 7) is 0.475. The lowest BCUT2D eigenvalue weighted by atomic mass is 9.96. The number of furan rings is 1. The summed E-state index contributed by atoms with van der Waals surface area (Å²) in [5.74, 6) is -0.925. The fraction of sp³-hybridized carbons (Fsp3) is 0.273. The summed E-state index contributed by atoms with van der Waals surface area (Å²) >= 11 is 0. The number of benzene rings is 1. The van der Waals surface area contributed by atoms with Gasteiger partial charge in [0.1, 0.15) is 5.69 Å². The van der Waals surface area contributed by atoms with E-state index in [0.29, 0.717) is 53.9 Å². The summed E-state index contributed by atoms with van der Waals surface area (Å²) < 4.78 is 10.7. The van der Waals surface area contributed by atoms with Crippen LogP contribution in [-0.2, 0) is 14.3 Å². The number of carbonyl (C=O) groups excluding carboxylic acids is 3. The third-order valence-corrected chi connectivity index (χ3v) is 5.29. The highest BCUT2D eigenvalue weighted by Crippen LogP contribution is 2.26. The molecule has 0 spiro atoms. The van der Waals surface area contributed by atoms with Gasteiger partial charge in [0, 0.05) is 24.4 Å². The van der Waals surface area contributed by atoms with E-state index in [0.717, 1.165) is 0 Å². The molecule has 0 aliphatic carbocycles. The predicted octanol–water partition coefficient (Wildman–Crippen LogP) is 2.38. The van der Waals surface area contributed by atoms with Crippen molar-refractivity contribution >= 4 is 28.7 Å². The number of esters is 1. The Hall–Kier alpha value is -3.68. The number of rotatable bonds is 5. The van der Waals surface area contributed by atoms with E-state index in [1.54, 1.807) is 41.3 Å². The molecule has 30 heavy (non-hydrogen) atoms. The molecule has 0 unspecified atom stereocenters. The number of amides is 2. The minimum absolute atomic E-state index is 0.209. The molecule has 0 atom stereocenters. The van der Waals surface area contributed by atoms with Gasteiger partial charge in [-0.2, -0.15) is 0 Å². The molecule has 2 aromatic heterocycles. The van der Waals surface area contributed by atoms with E-state index < -0.39 is 5.97 Å².